The SMILES string of the molecule is O=C(O)C(CNc1ccc(C(F)(F)F)cc1Cl)C(F)(F)F. The zero-order chi connectivity index (χ0) is 16.4. The van der Waals surface area contributed by atoms with Crippen molar-refractivity contribution in [1.82, 2.24) is 0 Å². The van der Waals surface area contributed by atoms with Gasteiger partial charge >= 0.3 is 18.3 Å². The van der Waals surface area contributed by atoms with Crippen LogP contribution in [0.15, 0.2) is 18.2 Å². The number of rotatable bonds is 4. The third-order valence-corrected chi connectivity index (χ3v) is 2.80. The van der Waals surface area contributed by atoms with E-state index in [1.54, 1.807) is 0 Å². The highest BCUT2D eigenvalue weighted by atomic mass is 35.5. The van der Waals surface area contributed by atoms with Crippen molar-refractivity contribution in [3.05, 3.63) is 28.8 Å². The molecule has 0 bridgehead atoms. The van der Waals surface area contributed by atoms with Gasteiger partial charge in [-0.2, -0.15) is 26.3 Å². The minimum Gasteiger partial charge on any atom is -0.481 e. The van der Waals surface area contributed by atoms with Crippen molar-refractivity contribution in [2.75, 3.05) is 11.9 Å². The number of nitrogens with one attached hydrogen (secondary N) is 1. The maximum atomic E-state index is 12.4. The van der Waals surface area contributed by atoms with E-state index in [1.807, 2.05) is 0 Å². The fourth-order valence-corrected chi connectivity index (χ4v) is 1.64. The van der Waals surface area contributed by atoms with Gasteiger partial charge in [0.25, 0.3) is 0 Å². The van der Waals surface area contributed by atoms with Crippen LogP contribution in [-0.2, 0) is 11.0 Å². The van der Waals surface area contributed by atoms with Crippen molar-refractivity contribution >= 4 is 23.3 Å². The van der Waals surface area contributed by atoms with Gasteiger partial charge in [-0.1, -0.05) is 11.6 Å². The van der Waals surface area contributed by atoms with Gasteiger partial charge in [0.05, 0.1) is 16.3 Å². The molecule has 1 rings (SSSR count). The van der Waals surface area contributed by atoms with E-state index in [-0.39, 0.29) is 5.69 Å². The smallest absolute Gasteiger partial charge is 0.416 e. The zero-order valence-electron chi connectivity index (χ0n) is 10.0. The van der Waals surface area contributed by atoms with Crippen molar-refractivity contribution in [1.29, 1.82) is 0 Å². The zero-order valence-corrected chi connectivity index (χ0v) is 10.8. The normalized spacial score (nSPS) is 13.9. The van der Waals surface area contributed by atoms with Crippen LogP contribution in [0.3, 0.4) is 0 Å². The van der Waals surface area contributed by atoms with E-state index in [1.165, 1.54) is 0 Å². The fraction of sp³-hybridized carbons (Fsp3) is 0.364. The molecule has 0 aromatic heterocycles. The molecular formula is C11H8ClF6NO2. The van der Waals surface area contributed by atoms with Crippen LogP contribution in [0.5, 0.6) is 0 Å². The second-order valence-electron chi connectivity index (χ2n) is 4.01. The Morgan fingerprint density at radius 2 is 1.81 bits per heavy atom. The standard InChI is InChI=1S/C11H8ClF6NO2/c12-7-3-5(10(13,14)15)1-2-8(7)19-4-6(9(20)21)11(16,17)18/h1-3,6,19H,4H2,(H,20,21). The predicted octanol–water partition coefficient (Wildman–Crippen LogP) is 4.03. The maximum absolute atomic E-state index is 12.4. The summed E-state index contributed by atoms with van der Waals surface area (Å²) in [6, 6.07) is 1.99. The third kappa shape index (κ3) is 4.69. The summed E-state index contributed by atoms with van der Waals surface area (Å²) in [5.41, 5.74) is -1.29. The topological polar surface area (TPSA) is 49.3 Å². The molecule has 0 aliphatic rings. The molecule has 21 heavy (non-hydrogen) atoms. The minimum absolute atomic E-state index is 0.222. The summed E-state index contributed by atoms with van der Waals surface area (Å²) in [4.78, 5) is 10.5. The van der Waals surface area contributed by atoms with E-state index in [0.717, 1.165) is 6.07 Å². The lowest BCUT2D eigenvalue weighted by Gasteiger charge is -2.18. The number of hydrogen-bond donors (Lipinski definition) is 2. The monoisotopic (exact) mass is 335 g/mol. The van der Waals surface area contributed by atoms with E-state index in [2.05, 4.69) is 5.32 Å². The second kappa shape index (κ2) is 6.00. The summed E-state index contributed by atoms with van der Waals surface area (Å²) in [5, 5.41) is 10.1. The van der Waals surface area contributed by atoms with E-state index in [4.69, 9.17) is 16.7 Å². The number of hydrogen-bond acceptors (Lipinski definition) is 2. The quantitative estimate of drug-likeness (QED) is 0.817. The van der Waals surface area contributed by atoms with E-state index in [9.17, 15) is 31.1 Å². The largest absolute Gasteiger partial charge is 0.481 e. The molecule has 0 aliphatic carbocycles. The predicted molar refractivity (Wildman–Crippen MR) is 62.1 cm³/mol. The maximum Gasteiger partial charge on any atom is 0.416 e. The Morgan fingerprint density at radius 3 is 2.19 bits per heavy atom. The van der Waals surface area contributed by atoms with E-state index in [0.29, 0.717) is 12.1 Å². The molecule has 3 nitrogen and oxygen atoms in total. The second-order valence-corrected chi connectivity index (χ2v) is 4.41. The molecule has 0 radical (unpaired) electrons. The van der Waals surface area contributed by atoms with Gasteiger partial charge < -0.3 is 10.4 Å². The molecule has 0 saturated carbocycles. The highest BCUT2D eigenvalue weighted by Gasteiger charge is 2.45. The van der Waals surface area contributed by atoms with Crippen molar-refractivity contribution in [2.45, 2.75) is 12.4 Å². The molecule has 1 aromatic carbocycles. The Morgan fingerprint density at radius 1 is 1.24 bits per heavy atom. The minimum atomic E-state index is -4.99. The van der Waals surface area contributed by atoms with Gasteiger partial charge in [-0.15, -0.1) is 0 Å². The van der Waals surface area contributed by atoms with Crippen molar-refractivity contribution < 1.29 is 36.2 Å². The van der Waals surface area contributed by atoms with Gasteiger partial charge in [0.2, 0.25) is 0 Å². The number of halogens is 7. The van der Waals surface area contributed by atoms with E-state index < -0.39 is 41.4 Å². The summed E-state index contributed by atoms with van der Waals surface area (Å²) in [7, 11) is 0. The van der Waals surface area contributed by atoms with Gasteiger partial charge in [0.1, 0.15) is 0 Å². The van der Waals surface area contributed by atoms with Gasteiger partial charge in [0, 0.05) is 6.54 Å². The molecule has 0 spiro atoms. The molecule has 0 amide bonds. The molecule has 1 atom stereocenters. The molecule has 0 saturated heterocycles. The number of carboxylic acids is 1. The van der Waals surface area contributed by atoms with Gasteiger partial charge in [-0.05, 0) is 18.2 Å². The summed E-state index contributed by atoms with van der Waals surface area (Å²) in [6.07, 6.45) is -9.63. The molecule has 0 heterocycles. The number of alkyl halides is 6. The Hall–Kier alpha value is -1.64. The van der Waals surface area contributed by atoms with Crippen molar-refractivity contribution in [3.63, 3.8) is 0 Å². The summed E-state index contributed by atoms with van der Waals surface area (Å²) >= 11 is 5.52. The number of anilines is 1. The lowest BCUT2D eigenvalue weighted by Crippen LogP contribution is -2.36. The molecule has 0 aliphatic heterocycles. The lowest BCUT2D eigenvalue weighted by molar-refractivity contribution is -0.190. The molecular weight excluding hydrogens is 328 g/mol. The van der Waals surface area contributed by atoms with Gasteiger partial charge in [-0.25, -0.2) is 0 Å². The highest BCUT2D eigenvalue weighted by molar-refractivity contribution is 6.33. The average molecular weight is 336 g/mol. The molecule has 118 valence electrons. The van der Waals surface area contributed by atoms with Crippen LogP contribution < -0.4 is 5.32 Å². The van der Waals surface area contributed by atoms with Crippen LogP contribution in [0.1, 0.15) is 5.56 Å². The number of carboxylic acid groups (broad SMARTS) is 1. The lowest BCUT2D eigenvalue weighted by atomic mass is 10.1. The van der Waals surface area contributed by atoms with Crippen LogP contribution in [0.2, 0.25) is 5.02 Å². The number of benzene rings is 1. The van der Waals surface area contributed by atoms with Crippen LogP contribution in [0.25, 0.3) is 0 Å². The summed E-state index contributed by atoms with van der Waals surface area (Å²) in [5.74, 6) is -4.80. The Labute approximate surface area is 119 Å². The average Bonchev–Trinajstić information content (AvgIpc) is 2.27. The number of carbonyl (C=O) groups is 1. The van der Waals surface area contributed by atoms with Crippen LogP contribution in [0.4, 0.5) is 32.0 Å². The summed E-state index contributed by atoms with van der Waals surface area (Å²) < 4.78 is 74.3. The molecule has 10 heteroatoms. The first-order valence-corrected chi connectivity index (χ1v) is 5.71. The van der Waals surface area contributed by atoms with Gasteiger partial charge in [0.15, 0.2) is 5.92 Å². The molecule has 2 N–H and O–H groups in total. The Bertz CT molecular complexity index is 528. The Kier molecular flexibility index (Phi) is 4.98. The molecule has 0 fully saturated rings. The fourth-order valence-electron chi connectivity index (χ4n) is 1.39. The summed E-state index contributed by atoms with van der Waals surface area (Å²) in [6.45, 7) is -1.05. The first-order valence-electron chi connectivity index (χ1n) is 5.33. The van der Waals surface area contributed by atoms with Crippen LogP contribution in [-0.4, -0.2) is 23.8 Å². The third-order valence-electron chi connectivity index (χ3n) is 2.49. The van der Waals surface area contributed by atoms with Crippen molar-refractivity contribution in [3.8, 4) is 0 Å². The number of aliphatic carboxylic acids is 1. The first-order chi connectivity index (χ1) is 9.43. The van der Waals surface area contributed by atoms with E-state index >= 15 is 0 Å². The molecule has 1 aromatic rings. The van der Waals surface area contributed by atoms with Crippen LogP contribution >= 0.6 is 11.6 Å². The Balaban J connectivity index is 2.87. The van der Waals surface area contributed by atoms with Crippen molar-refractivity contribution in [2.24, 2.45) is 5.92 Å². The molecule has 1 unspecified atom stereocenters. The van der Waals surface area contributed by atoms with Crippen LogP contribution in [0, 0.1) is 5.92 Å². The van der Waals surface area contributed by atoms with Gasteiger partial charge in [-0.3, -0.25) is 4.79 Å². The first kappa shape index (κ1) is 17.4. The highest BCUT2D eigenvalue weighted by Crippen LogP contribution is 2.34.